The summed E-state index contributed by atoms with van der Waals surface area (Å²) in [7, 11) is 0. The molecule has 2 aromatic carbocycles. The molecular formula is C21H21F2N3O2S. The summed E-state index contributed by atoms with van der Waals surface area (Å²) >= 11 is 1.15. The Morgan fingerprint density at radius 3 is 2.62 bits per heavy atom. The van der Waals surface area contributed by atoms with E-state index in [0.29, 0.717) is 22.8 Å². The molecule has 0 spiro atoms. The summed E-state index contributed by atoms with van der Waals surface area (Å²) in [4.78, 5) is 28.7. The molecule has 1 aliphatic rings. The van der Waals surface area contributed by atoms with E-state index in [4.69, 9.17) is 0 Å². The van der Waals surface area contributed by atoms with Crippen LogP contribution in [0.3, 0.4) is 0 Å². The molecule has 8 heteroatoms. The predicted molar refractivity (Wildman–Crippen MR) is 111 cm³/mol. The fraction of sp³-hybridized carbons (Fsp3) is 0.286. The molecule has 0 radical (unpaired) electrons. The fourth-order valence-electron chi connectivity index (χ4n) is 2.78. The third kappa shape index (κ3) is 5.41. The third-order valence-corrected chi connectivity index (χ3v) is 5.74. The van der Waals surface area contributed by atoms with Crippen LogP contribution >= 0.6 is 11.8 Å². The maximum absolute atomic E-state index is 13.6. The van der Waals surface area contributed by atoms with Crippen molar-refractivity contribution in [2.24, 2.45) is 4.99 Å². The van der Waals surface area contributed by atoms with E-state index in [0.717, 1.165) is 30.3 Å². The summed E-state index contributed by atoms with van der Waals surface area (Å²) in [5, 5.41) is 4.76. The zero-order valence-electron chi connectivity index (χ0n) is 16.0. The fourth-order valence-corrected chi connectivity index (χ4v) is 3.77. The molecule has 1 heterocycles. The lowest BCUT2D eigenvalue weighted by atomic mass is 9.99. The second-order valence-electron chi connectivity index (χ2n) is 6.79. The van der Waals surface area contributed by atoms with E-state index in [1.165, 1.54) is 5.56 Å². The first-order valence-electron chi connectivity index (χ1n) is 9.26. The molecule has 2 aromatic rings. The van der Waals surface area contributed by atoms with Gasteiger partial charge in [0.2, 0.25) is 11.8 Å². The number of anilines is 1. The molecule has 0 aromatic heterocycles. The van der Waals surface area contributed by atoms with Gasteiger partial charge in [0.1, 0.15) is 16.9 Å². The molecule has 1 saturated heterocycles. The highest BCUT2D eigenvalue weighted by Gasteiger charge is 2.32. The van der Waals surface area contributed by atoms with Gasteiger partial charge < -0.3 is 10.6 Å². The molecule has 1 aliphatic heterocycles. The van der Waals surface area contributed by atoms with Crippen LogP contribution in [0.4, 0.5) is 20.2 Å². The van der Waals surface area contributed by atoms with Gasteiger partial charge in [0.15, 0.2) is 5.17 Å². The van der Waals surface area contributed by atoms with Crippen molar-refractivity contribution in [1.82, 2.24) is 5.32 Å². The van der Waals surface area contributed by atoms with Crippen LogP contribution < -0.4 is 10.6 Å². The summed E-state index contributed by atoms with van der Waals surface area (Å²) in [6, 6.07) is 10.7. The van der Waals surface area contributed by atoms with Crippen molar-refractivity contribution in [2.45, 2.75) is 37.9 Å². The first-order valence-corrected chi connectivity index (χ1v) is 10.1. The standard InChI is InChI=1S/C21H21F2N3O2S/c1-3-12(2)13-4-7-15(8-5-13)24-21-26-20(28)18(29-21)11-19(27)25-17-9-6-14(22)10-16(17)23/h4-10,12,18H,3,11H2,1-2H3,(H,25,27)(H,24,26,28)/t12-,18-/m0/s1. The first-order chi connectivity index (χ1) is 13.9. The summed E-state index contributed by atoms with van der Waals surface area (Å²) < 4.78 is 26.6. The van der Waals surface area contributed by atoms with Crippen molar-refractivity contribution in [2.75, 3.05) is 5.32 Å². The lowest BCUT2D eigenvalue weighted by molar-refractivity contribution is -0.122. The van der Waals surface area contributed by atoms with Crippen molar-refractivity contribution < 1.29 is 18.4 Å². The van der Waals surface area contributed by atoms with Crippen molar-refractivity contribution in [3.8, 4) is 0 Å². The minimum absolute atomic E-state index is 0.130. The van der Waals surface area contributed by atoms with Crippen LogP contribution in [0.25, 0.3) is 0 Å². The van der Waals surface area contributed by atoms with Crippen LogP contribution in [0, 0.1) is 11.6 Å². The molecule has 0 aliphatic carbocycles. The third-order valence-electron chi connectivity index (χ3n) is 4.66. The Kier molecular flexibility index (Phi) is 6.64. The molecule has 0 bridgehead atoms. The van der Waals surface area contributed by atoms with Gasteiger partial charge in [0, 0.05) is 12.5 Å². The quantitative estimate of drug-likeness (QED) is 0.714. The molecule has 152 valence electrons. The molecule has 29 heavy (non-hydrogen) atoms. The molecule has 2 amide bonds. The van der Waals surface area contributed by atoms with E-state index in [2.05, 4.69) is 29.5 Å². The zero-order chi connectivity index (χ0) is 21.0. The molecule has 2 N–H and O–H groups in total. The molecule has 2 atom stereocenters. The maximum Gasteiger partial charge on any atom is 0.240 e. The Balaban J connectivity index is 1.61. The Morgan fingerprint density at radius 1 is 1.24 bits per heavy atom. The highest BCUT2D eigenvalue weighted by atomic mass is 32.2. The van der Waals surface area contributed by atoms with Crippen molar-refractivity contribution >= 4 is 40.1 Å². The van der Waals surface area contributed by atoms with Gasteiger partial charge in [0.25, 0.3) is 0 Å². The van der Waals surface area contributed by atoms with Crippen LogP contribution in [0.15, 0.2) is 47.5 Å². The van der Waals surface area contributed by atoms with Crippen LogP contribution in [0.5, 0.6) is 0 Å². The molecule has 1 fully saturated rings. The number of carbonyl (C=O) groups excluding carboxylic acids is 2. The van der Waals surface area contributed by atoms with Crippen molar-refractivity contribution in [3.63, 3.8) is 0 Å². The van der Waals surface area contributed by atoms with Gasteiger partial charge in [-0.25, -0.2) is 13.8 Å². The van der Waals surface area contributed by atoms with Gasteiger partial charge in [0.05, 0.1) is 11.4 Å². The number of thioether (sulfide) groups is 1. The first kappa shape index (κ1) is 21.0. The number of halogens is 2. The number of amidine groups is 1. The second-order valence-corrected chi connectivity index (χ2v) is 7.98. The van der Waals surface area contributed by atoms with Crippen molar-refractivity contribution in [3.05, 3.63) is 59.7 Å². The van der Waals surface area contributed by atoms with Crippen LogP contribution in [0.1, 0.15) is 38.2 Å². The Morgan fingerprint density at radius 2 is 1.97 bits per heavy atom. The second kappa shape index (κ2) is 9.17. The van der Waals surface area contributed by atoms with Crippen LogP contribution in [0.2, 0.25) is 0 Å². The molecule has 0 unspecified atom stereocenters. The topological polar surface area (TPSA) is 70.6 Å². The number of hydrogen-bond acceptors (Lipinski definition) is 4. The number of nitrogens with one attached hydrogen (secondary N) is 2. The Labute approximate surface area is 172 Å². The van der Waals surface area contributed by atoms with Crippen molar-refractivity contribution in [1.29, 1.82) is 0 Å². The number of amides is 2. The number of rotatable bonds is 6. The number of nitrogens with zero attached hydrogens (tertiary/aromatic N) is 1. The van der Waals surface area contributed by atoms with Gasteiger partial charge in [-0.05, 0) is 42.2 Å². The van der Waals surface area contributed by atoms with E-state index in [1.807, 2.05) is 24.3 Å². The minimum Gasteiger partial charge on any atom is -0.324 e. The van der Waals surface area contributed by atoms with E-state index in [1.54, 1.807) is 0 Å². The maximum atomic E-state index is 13.6. The van der Waals surface area contributed by atoms with E-state index >= 15 is 0 Å². The lowest BCUT2D eigenvalue weighted by Gasteiger charge is -2.08. The number of benzene rings is 2. The van der Waals surface area contributed by atoms with Crippen LogP contribution in [-0.4, -0.2) is 22.2 Å². The lowest BCUT2D eigenvalue weighted by Crippen LogP contribution is -2.28. The summed E-state index contributed by atoms with van der Waals surface area (Å²) in [5.74, 6) is -2.01. The number of carbonyl (C=O) groups is 2. The average molecular weight is 417 g/mol. The Bertz CT molecular complexity index is 947. The molecule has 5 nitrogen and oxygen atoms in total. The van der Waals surface area contributed by atoms with E-state index in [9.17, 15) is 18.4 Å². The molecule has 0 saturated carbocycles. The van der Waals surface area contributed by atoms with Gasteiger partial charge >= 0.3 is 0 Å². The minimum atomic E-state index is -0.870. The summed E-state index contributed by atoms with van der Waals surface area (Å²) in [6.45, 7) is 4.28. The highest BCUT2D eigenvalue weighted by molar-refractivity contribution is 8.15. The zero-order valence-corrected chi connectivity index (χ0v) is 16.9. The highest BCUT2D eigenvalue weighted by Crippen LogP contribution is 2.27. The van der Waals surface area contributed by atoms with E-state index in [-0.39, 0.29) is 18.0 Å². The van der Waals surface area contributed by atoms with Gasteiger partial charge in [-0.3, -0.25) is 9.59 Å². The molecule has 3 rings (SSSR count). The van der Waals surface area contributed by atoms with Gasteiger partial charge in [-0.2, -0.15) is 0 Å². The predicted octanol–water partition coefficient (Wildman–Crippen LogP) is 4.73. The average Bonchev–Trinajstić information content (AvgIpc) is 3.02. The Hall–Kier alpha value is -2.74. The smallest absolute Gasteiger partial charge is 0.240 e. The number of hydrogen-bond donors (Lipinski definition) is 2. The summed E-state index contributed by atoms with van der Waals surface area (Å²) in [5.41, 5.74) is 1.80. The molecular weight excluding hydrogens is 396 g/mol. The summed E-state index contributed by atoms with van der Waals surface area (Å²) in [6.07, 6.45) is 0.893. The SMILES string of the molecule is CC[C@H](C)c1ccc(N=C2NC(=O)[C@H](CC(=O)Nc3ccc(F)cc3F)S2)cc1. The monoisotopic (exact) mass is 417 g/mol. The number of aliphatic imine (C=N–C) groups is 1. The van der Waals surface area contributed by atoms with Gasteiger partial charge in [-0.1, -0.05) is 37.7 Å². The normalized spacial score (nSPS) is 18.6. The van der Waals surface area contributed by atoms with E-state index < -0.39 is 22.8 Å². The van der Waals surface area contributed by atoms with Crippen LogP contribution in [-0.2, 0) is 9.59 Å². The van der Waals surface area contributed by atoms with Gasteiger partial charge in [-0.15, -0.1) is 0 Å². The largest absolute Gasteiger partial charge is 0.324 e.